The van der Waals surface area contributed by atoms with Gasteiger partial charge in [-0.15, -0.1) is 16.8 Å². The van der Waals surface area contributed by atoms with Gasteiger partial charge in [-0.1, -0.05) is 41.6 Å². The first-order valence-corrected chi connectivity index (χ1v) is 10.8. The van der Waals surface area contributed by atoms with Crippen molar-refractivity contribution in [2.75, 3.05) is 13.2 Å². The fourth-order valence-corrected chi connectivity index (χ4v) is 3.89. The van der Waals surface area contributed by atoms with Crippen LogP contribution < -0.4 is 10.1 Å². The normalized spacial score (nSPS) is 11.7. The lowest BCUT2D eigenvalue weighted by molar-refractivity contribution is -0.120. The van der Waals surface area contributed by atoms with E-state index in [9.17, 15) is 4.79 Å². The molecule has 1 heterocycles. The molecular weight excluding hydrogens is 420 g/mol. The number of carbonyl (C=O) groups excluding carboxylic acids is 1. The van der Waals surface area contributed by atoms with E-state index in [4.69, 9.17) is 16.3 Å². The molecule has 0 radical (unpaired) electrons. The van der Waals surface area contributed by atoms with Gasteiger partial charge in [0.15, 0.2) is 11.0 Å². The molecule has 1 N–H and O–H groups in total. The van der Waals surface area contributed by atoms with Gasteiger partial charge in [-0.25, -0.2) is 0 Å². The Labute approximate surface area is 185 Å². The predicted octanol–water partition coefficient (Wildman–Crippen LogP) is 4.77. The highest BCUT2D eigenvalue weighted by molar-refractivity contribution is 8.00. The maximum atomic E-state index is 12.3. The van der Waals surface area contributed by atoms with Gasteiger partial charge in [0.1, 0.15) is 5.75 Å². The average Bonchev–Trinajstić information content (AvgIpc) is 3.16. The minimum Gasteiger partial charge on any atom is -0.494 e. The fraction of sp³-hybridized carbons (Fsp3) is 0.227. The summed E-state index contributed by atoms with van der Waals surface area (Å²) in [6.45, 7) is 8.40. The molecule has 156 valence electrons. The molecule has 2 aromatic carbocycles. The van der Waals surface area contributed by atoms with E-state index in [0.29, 0.717) is 29.2 Å². The number of nitrogens with zero attached hydrogens (tertiary/aromatic N) is 3. The number of benzene rings is 2. The average molecular weight is 443 g/mol. The lowest BCUT2D eigenvalue weighted by Gasteiger charge is -2.14. The summed E-state index contributed by atoms with van der Waals surface area (Å²) in [6.07, 6.45) is 1.65. The molecule has 1 aromatic heterocycles. The van der Waals surface area contributed by atoms with Gasteiger partial charge in [-0.05, 0) is 50.2 Å². The molecule has 0 spiro atoms. The topological polar surface area (TPSA) is 69.0 Å². The summed E-state index contributed by atoms with van der Waals surface area (Å²) in [5.74, 6) is 1.28. The monoisotopic (exact) mass is 442 g/mol. The molecule has 0 bridgehead atoms. The van der Waals surface area contributed by atoms with E-state index in [0.717, 1.165) is 17.0 Å². The standard InChI is InChI=1S/C22H23ClN4O2S/c1-4-14-24-21(28)15(3)30-22-26-25-20(18-8-6-7-9-19(18)23)27(22)16-10-12-17(13-11-16)29-5-2/h4,6-13,15H,1,5,14H2,2-3H3,(H,24,28). The smallest absolute Gasteiger partial charge is 0.233 e. The number of hydrogen-bond donors (Lipinski definition) is 1. The number of nitrogens with one attached hydrogen (secondary N) is 1. The highest BCUT2D eigenvalue weighted by Crippen LogP contribution is 2.33. The lowest BCUT2D eigenvalue weighted by Crippen LogP contribution is -2.31. The van der Waals surface area contributed by atoms with E-state index in [1.165, 1.54) is 11.8 Å². The van der Waals surface area contributed by atoms with Crippen molar-refractivity contribution < 1.29 is 9.53 Å². The summed E-state index contributed by atoms with van der Waals surface area (Å²) >= 11 is 7.75. The predicted molar refractivity (Wildman–Crippen MR) is 121 cm³/mol. The first-order chi connectivity index (χ1) is 14.5. The summed E-state index contributed by atoms with van der Waals surface area (Å²) < 4.78 is 7.45. The summed E-state index contributed by atoms with van der Waals surface area (Å²) in [4.78, 5) is 12.3. The van der Waals surface area contributed by atoms with Crippen molar-refractivity contribution in [3.05, 3.63) is 66.2 Å². The minimum atomic E-state index is -0.366. The van der Waals surface area contributed by atoms with E-state index >= 15 is 0 Å². The Bertz CT molecular complexity index is 1020. The molecule has 0 aliphatic carbocycles. The summed E-state index contributed by atoms with van der Waals surface area (Å²) in [6, 6.07) is 15.1. The summed E-state index contributed by atoms with van der Waals surface area (Å²) in [7, 11) is 0. The lowest BCUT2D eigenvalue weighted by atomic mass is 10.2. The van der Waals surface area contributed by atoms with Gasteiger partial charge >= 0.3 is 0 Å². The second kappa shape index (κ2) is 10.3. The van der Waals surface area contributed by atoms with Crippen LogP contribution in [-0.2, 0) is 4.79 Å². The molecular formula is C22H23ClN4O2S. The number of hydrogen-bond acceptors (Lipinski definition) is 5. The SMILES string of the molecule is C=CCNC(=O)C(C)Sc1nnc(-c2ccccc2Cl)n1-c1ccc(OCC)cc1. The zero-order valence-corrected chi connectivity index (χ0v) is 18.4. The number of aromatic nitrogens is 3. The Morgan fingerprint density at radius 3 is 2.67 bits per heavy atom. The largest absolute Gasteiger partial charge is 0.494 e. The molecule has 3 rings (SSSR count). The van der Waals surface area contributed by atoms with E-state index in [2.05, 4.69) is 22.1 Å². The van der Waals surface area contributed by atoms with Crippen LogP contribution in [0.5, 0.6) is 5.75 Å². The van der Waals surface area contributed by atoms with Crippen LogP contribution in [0.1, 0.15) is 13.8 Å². The molecule has 1 unspecified atom stereocenters. The first kappa shape index (κ1) is 21.9. The van der Waals surface area contributed by atoms with Crippen molar-refractivity contribution >= 4 is 29.3 Å². The molecule has 1 atom stereocenters. The molecule has 3 aromatic rings. The number of ether oxygens (including phenoxy) is 1. The number of thioether (sulfide) groups is 1. The molecule has 30 heavy (non-hydrogen) atoms. The Balaban J connectivity index is 2.02. The zero-order chi connectivity index (χ0) is 21.5. The van der Waals surface area contributed by atoms with Crippen molar-refractivity contribution in [3.8, 4) is 22.8 Å². The quantitative estimate of drug-likeness (QED) is 0.382. The Kier molecular flexibility index (Phi) is 7.54. The highest BCUT2D eigenvalue weighted by Gasteiger charge is 2.22. The number of rotatable bonds is 9. The zero-order valence-electron chi connectivity index (χ0n) is 16.8. The van der Waals surface area contributed by atoms with Gasteiger partial charge in [0, 0.05) is 17.8 Å². The number of carbonyl (C=O) groups is 1. The van der Waals surface area contributed by atoms with Gasteiger partial charge in [0.25, 0.3) is 0 Å². The van der Waals surface area contributed by atoms with E-state index in [1.807, 2.05) is 66.9 Å². The third kappa shape index (κ3) is 5.04. The third-order valence-electron chi connectivity index (χ3n) is 4.23. The van der Waals surface area contributed by atoms with Crippen LogP contribution in [0.2, 0.25) is 5.02 Å². The molecule has 8 heteroatoms. The summed E-state index contributed by atoms with van der Waals surface area (Å²) in [5, 5.41) is 12.4. The highest BCUT2D eigenvalue weighted by atomic mass is 35.5. The van der Waals surface area contributed by atoms with Crippen LogP contribution in [-0.4, -0.2) is 39.1 Å². The number of amides is 1. The Morgan fingerprint density at radius 2 is 2.00 bits per heavy atom. The summed E-state index contributed by atoms with van der Waals surface area (Å²) in [5.41, 5.74) is 1.61. The van der Waals surface area contributed by atoms with E-state index in [1.54, 1.807) is 6.08 Å². The van der Waals surface area contributed by atoms with Crippen molar-refractivity contribution in [1.29, 1.82) is 0 Å². The van der Waals surface area contributed by atoms with Crippen LogP contribution in [0.4, 0.5) is 0 Å². The second-order valence-electron chi connectivity index (χ2n) is 6.34. The van der Waals surface area contributed by atoms with Crippen LogP contribution in [0.3, 0.4) is 0 Å². The second-order valence-corrected chi connectivity index (χ2v) is 8.06. The van der Waals surface area contributed by atoms with Gasteiger partial charge in [0.05, 0.1) is 16.9 Å². The molecule has 0 saturated carbocycles. The van der Waals surface area contributed by atoms with Gasteiger partial charge in [-0.3, -0.25) is 9.36 Å². The van der Waals surface area contributed by atoms with Crippen molar-refractivity contribution in [3.63, 3.8) is 0 Å². The van der Waals surface area contributed by atoms with Gasteiger partial charge in [0.2, 0.25) is 5.91 Å². The number of halogens is 1. The molecule has 6 nitrogen and oxygen atoms in total. The third-order valence-corrected chi connectivity index (χ3v) is 5.60. The maximum Gasteiger partial charge on any atom is 0.233 e. The van der Waals surface area contributed by atoms with E-state index < -0.39 is 0 Å². The van der Waals surface area contributed by atoms with Crippen molar-refractivity contribution in [1.82, 2.24) is 20.1 Å². The van der Waals surface area contributed by atoms with Crippen LogP contribution in [0.25, 0.3) is 17.1 Å². The van der Waals surface area contributed by atoms with Crippen LogP contribution in [0, 0.1) is 0 Å². The van der Waals surface area contributed by atoms with Crippen molar-refractivity contribution in [2.24, 2.45) is 0 Å². The van der Waals surface area contributed by atoms with Gasteiger partial charge in [-0.2, -0.15) is 0 Å². The molecule has 1 amide bonds. The van der Waals surface area contributed by atoms with E-state index in [-0.39, 0.29) is 11.2 Å². The van der Waals surface area contributed by atoms with Crippen LogP contribution >= 0.6 is 23.4 Å². The molecule has 0 saturated heterocycles. The fourth-order valence-electron chi connectivity index (χ4n) is 2.78. The molecule has 0 aliphatic rings. The van der Waals surface area contributed by atoms with Crippen LogP contribution in [0.15, 0.2) is 66.3 Å². The first-order valence-electron chi connectivity index (χ1n) is 9.54. The molecule has 0 fully saturated rings. The Morgan fingerprint density at radius 1 is 1.27 bits per heavy atom. The maximum absolute atomic E-state index is 12.3. The molecule has 0 aliphatic heterocycles. The minimum absolute atomic E-state index is 0.0968. The Hall–Kier alpha value is -2.77. The van der Waals surface area contributed by atoms with Gasteiger partial charge < -0.3 is 10.1 Å². The van der Waals surface area contributed by atoms with Crippen molar-refractivity contribution in [2.45, 2.75) is 24.3 Å².